The van der Waals surface area contributed by atoms with Crippen molar-refractivity contribution < 1.29 is 4.74 Å². The van der Waals surface area contributed by atoms with Crippen LogP contribution in [0.2, 0.25) is 0 Å². The van der Waals surface area contributed by atoms with Crippen LogP contribution in [0, 0.1) is 12.3 Å². The lowest BCUT2D eigenvalue weighted by atomic mass is 9.75. The Morgan fingerprint density at radius 1 is 1.30 bits per heavy atom. The Bertz CT molecular complexity index is 449. The van der Waals surface area contributed by atoms with Gasteiger partial charge in [-0.3, -0.25) is 0 Å². The van der Waals surface area contributed by atoms with Crippen molar-refractivity contribution >= 4 is 0 Å². The van der Waals surface area contributed by atoms with Gasteiger partial charge in [0.2, 0.25) is 0 Å². The van der Waals surface area contributed by atoms with Gasteiger partial charge in [-0.25, -0.2) is 0 Å². The van der Waals surface area contributed by atoms with Crippen LogP contribution >= 0.6 is 0 Å². The number of nitrogens with one attached hydrogen (secondary N) is 1. The Labute approximate surface area is 123 Å². The second-order valence-electron chi connectivity index (χ2n) is 7.33. The van der Waals surface area contributed by atoms with Gasteiger partial charge in [0.15, 0.2) is 0 Å². The minimum atomic E-state index is 0.154. The molecule has 1 N–H and O–H groups in total. The van der Waals surface area contributed by atoms with Gasteiger partial charge >= 0.3 is 0 Å². The molecule has 0 radical (unpaired) electrons. The van der Waals surface area contributed by atoms with E-state index in [1.165, 1.54) is 11.1 Å². The molecule has 112 valence electrons. The van der Waals surface area contributed by atoms with Crippen LogP contribution in [0.5, 0.6) is 0 Å². The number of hydrogen-bond donors (Lipinski definition) is 1. The Kier molecular flexibility index (Phi) is 4.55. The molecule has 2 nitrogen and oxygen atoms in total. The Morgan fingerprint density at radius 3 is 2.55 bits per heavy atom. The van der Waals surface area contributed by atoms with Crippen molar-refractivity contribution in [1.29, 1.82) is 0 Å². The molecule has 0 saturated carbocycles. The SMILES string of the molecule is Cc1ccccc1CC1(CNC(C)(C)C)CCOC1C. The van der Waals surface area contributed by atoms with E-state index < -0.39 is 0 Å². The molecule has 1 heterocycles. The van der Waals surface area contributed by atoms with Crippen molar-refractivity contribution in [2.24, 2.45) is 5.41 Å². The molecule has 1 aliphatic heterocycles. The Hall–Kier alpha value is -0.860. The molecule has 2 heteroatoms. The zero-order chi connectivity index (χ0) is 14.8. The third kappa shape index (κ3) is 3.62. The van der Waals surface area contributed by atoms with Gasteiger partial charge in [0, 0.05) is 24.1 Å². The molecular weight excluding hydrogens is 246 g/mol. The fraction of sp³-hybridized carbons (Fsp3) is 0.667. The van der Waals surface area contributed by atoms with Gasteiger partial charge in [-0.1, -0.05) is 24.3 Å². The standard InChI is InChI=1S/C18H29NO/c1-14-8-6-7-9-16(14)12-18(10-11-20-15(18)2)13-19-17(3,4)5/h6-9,15,19H,10-13H2,1-5H3. The fourth-order valence-corrected chi connectivity index (χ4v) is 2.97. The van der Waals surface area contributed by atoms with E-state index in [0.29, 0.717) is 6.10 Å². The molecule has 1 fully saturated rings. The van der Waals surface area contributed by atoms with E-state index in [9.17, 15) is 0 Å². The average molecular weight is 275 g/mol. The molecule has 0 bridgehead atoms. The minimum absolute atomic E-state index is 0.154. The van der Waals surface area contributed by atoms with E-state index in [0.717, 1.165) is 26.0 Å². The van der Waals surface area contributed by atoms with Crippen LogP contribution in [-0.4, -0.2) is 24.8 Å². The molecule has 2 unspecified atom stereocenters. The summed E-state index contributed by atoms with van der Waals surface area (Å²) < 4.78 is 5.91. The van der Waals surface area contributed by atoms with Crippen LogP contribution in [0.25, 0.3) is 0 Å². The molecule has 2 rings (SSSR count). The van der Waals surface area contributed by atoms with Gasteiger partial charge in [-0.2, -0.15) is 0 Å². The zero-order valence-electron chi connectivity index (χ0n) is 13.6. The number of rotatable bonds is 4. The lowest BCUT2D eigenvalue weighted by molar-refractivity contribution is 0.0597. The highest BCUT2D eigenvalue weighted by Gasteiger charge is 2.42. The summed E-state index contributed by atoms with van der Waals surface area (Å²) in [4.78, 5) is 0. The molecule has 0 amide bonds. The maximum atomic E-state index is 5.91. The molecule has 2 atom stereocenters. The monoisotopic (exact) mass is 275 g/mol. The molecule has 0 aliphatic carbocycles. The molecule has 20 heavy (non-hydrogen) atoms. The molecule has 0 aromatic heterocycles. The van der Waals surface area contributed by atoms with Gasteiger partial charge < -0.3 is 10.1 Å². The van der Waals surface area contributed by atoms with Crippen LogP contribution in [0.3, 0.4) is 0 Å². The second-order valence-corrected chi connectivity index (χ2v) is 7.33. The summed E-state index contributed by atoms with van der Waals surface area (Å²) in [6, 6.07) is 8.74. The highest BCUT2D eigenvalue weighted by atomic mass is 16.5. The summed E-state index contributed by atoms with van der Waals surface area (Å²) in [6.45, 7) is 13.0. The van der Waals surface area contributed by atoms with E-state index in [2.05, 4.69) is 64.2 Å². The van der Waals surface area contributed by atoms with Crippen LogP contribution in [0.4, 0.5) is 0 Å². The lowest BCUT2D eigenvalue weighted by Crippen LogP contribution is -2.47. The summed E-state index contributed by atoms with van der Waals surface area (Å²) in [5, 5.41) is 3.69. The van der Waals surface area contributed by atoms with Gasteiger partial charge in [0.1, 0.15) is 0 Å². The fourth-order valence-electron chi connectivity index (χ4n) is 2.97. The van der Waals surface area contributed by atoms with Crippen LogP contribution < -0.4 is 5.32 Å². The van der Waals surface area contributed by atoms with E-state index in [4.69, 9.17) is 4.74 Å². The topological polar surface area (TPSA) is 21.3 Å². The van der Waals surface area contributed by atoms with Crippen molar-refractivity contribution in [1.82, 2.24) is 5.32 Å². The normalized spacial score (nSPS) is 26.9. The first-order valence-electron chi connectivity index (χ1n) is 7.74. The van der Waals surface area contributed by atoms with Gasteiger partial charge in [-0.15, -0.1) is 0 Å². The minimum Gasteiger partial charge on any atom is -0.378 e. The smallest absolute Gasteiger partial charge is 0.0619 e. The van der Waals surface area contributed by atoms with Crippen molar-refractivity contribution in [3.63, 3.8) is 0 Å². The number of hydrogen-bond acceptors (Lipinski definition) is 2. The van der Waals surface area contributed by atoms with E-state index in [-0.39, 0.29) is 11.0 Å². The number of ether oxygens (including phenoxy) is 1. The van der Waals surface area contributed by atoms with E-state index in [1.807, 2.05) is 0 Å². The number of benzene rings is 1. The molecule has 1 aromatic carbocycles. The first-order chi connectivity index (χ1) is 9.32. The third-order valence-electron chi connectivity index (χ3n) is 4.60. The quantitative estimate of drug-likeness (QED) is 0.904. The highest BCUT2D eigenvalue weighted by molar-refractivity contribution is 5.27. The summed E-state index contributed by atoms with van der Waals surface area (Å²) in [7, 11) is 0. The van der Waals surface area contributed by atoms with Gasteiger partial charge in [0.05, 0.1) is 6.10 Å². The largest absolute Gasteiger partial charge is 0.378 e. The van der Waals surface area contributed by atoms with Crippen molar-refractivity contribution in [3.8, 4) is 0 Å². The summed E-state index contributed by atoms with van der Waals surface area (Å²) in [6.07, 6.45) is 2.56. The first kappa shape index (κ1) is 15.5. The maximum absolute atomic E-state index is 5.91. The molecular formula is C18H29NO. The van der Waals surface area contributed by atoms with Gasteiger partial charge in [0.25, 0.3) is 0 Å². The third-order valence-corrected chi connectivity index (χ3v) is 4.60. The summed E-state index contributed by atoms with van der Waals surface area (Å²) >= 11 is 0. The van der Waals surface area contributed by atoms with Crippen LogP contribution in [-0.2, 0) is 11.2 Å². The Morgan fingerprint density at radius 2 is 2.00 bits per heavy atom. The Balaban J connectivity index is 2.18. The summed E-state index contributed by atoms with van der Waals surface area (Å²) in [5.74, 6) is 0. The first-order valence-corrected chi connectivity index (χ1v) is 7.74. The molecule has 1 aliphatic rings. The van der Waals surface area contributed by atoms with Crippen molar-refractivity contribution in [2.45, 2.75) is 59.1 Å². The van der Waals surface area contributed by atoms with Crippen molar-refractivity contribution in [2.75, 3.05) is 13.2 Å². The van der Waals surface area contributed by atoms with E-state index in [1.54, 1.807) is 0 Å². The average Bonchev–Trinajstić information content (AvgIpc) is 2.71. The summed E-state index contributed by atoms with van der Waals surface area (Å²) in [5.41, 5.74) is 3.22. The van der Waals surface area contributed by atoms with Gasteiger partial charge in [-0.05, 0) is 58.6 Å². The molecule has 1 saturated heterocycles. The second kappa shape index (κ2) is 5.87. The maximum Gasteiger partial charge on any atom is 0.0619 e. The lowest BCUT2D eigenvalue weighted by Gasteiger charge is -2.36. The zero-order valence-corrected chi connectivity index (χ0v) is 13.6. The predicted octanol–water partition coefficient (Wildman–Crippen LogP) is 3.72. The van der Waals surface area contributed by atoms with Crippen LogP contribution in [0.1, 0.15) is 45.2 Å². The molecule has 1 aromatic rings. The highest BCUT2D eigenvalue weighted by Crippen LogP contribution is 2.38. The predicted molar refractivity (Wildman–Crippen MR) is 85.1 cm³/mol. The molecule has 0 spiro atoms. The van der Waals surface area contributed by atoms with Crippen LogP contribution in [0.15, 0.2) is 24.3 Å². The van der Waals surface area contributed by atoms with E-state index >= 15 is 0 Å². The number of aryl methyl sites for hydroxylation is 1. The van der Waals surface area contributed by atoms with Crippen molar-refractivity contribution in [3.05, 3.63) is 35.4 Å².